The minimum Gasteiger partial charge on any atom is -0.380 e. The van der Waals surface area contributed by atoms with Crippen LogP contribution in [0.15, 0.2) is 0 Å². The van der Waals surface area contributed by atoms with Crippen molar-refractivity contribution in [1.82, 2.24) is 5.32 Å². The highest BCUT2D eigenvalue weighted by Gasteiger charge is 2.08. The minimum absolute atomic E-state index is 0.256. The summed E-state index contributed by atoms with van der Waals surface area (Å²) in [6, 6.07) is 0.385. The van der Waals surface area contributed by atoms with Crippen LogP contribution in [0.25, 0.3) is 0 Å². The summed E-state index contributed by atoms with van der Waals surface area (Å²) >= 11 is 0. The van der Waals surface area contributed by atoms with Gasteiger partial charge in [0.25, 0.3) is 0 Å². The van der Waals surface area contributed by atoms with Gasteiger partial charge in [0, 0.05) is 26.3 Å². The lowest BCUT2D eigenvalue weighted by Gasteiger charge is -2.19. The van der Waals surface area contributed by atoms with Crippen LogP contribution < -0.4 is 5.32 Å². The molecule has 0 aromatic rings. The Bertz CT molecular complexity index is 98.5. The molecule has 0 heterocycles. The summed E-state index contributed by atoms with van der Waals surface area (Å²) in [5.41, 5.74) is 0. The van der Waals surface area contributed by atoms with Gasteiger partial charge in [0.2, 0.25) is 0 Å². The van der Waals surface area contributed by atoms with Crippen LogP contribution in [-0.4, -0.2) is 39.0 Å². The van der Waals surface area contributed by atoms with E-state index in [0.29, 0.717) is 6.04 Å². The maximum absolute atomic E-state index is 5.19. The Labute approximate surface area is 75.4 Å². The monoisotopic (exact) mass is 175 g/mol. The van der Waals surface area contributed by atoms with Gasteiger partial charge in [-0.3, -0.25) is 0 Å². The molecule has 3 nitrogen and oxygen atoms in total. The first-order valence-corrected chi connectivity index (χ1v) is 4.56. The van der Waals surface area contributed by atoms with Crippen LogP contribution in [0, 0.1) is 0 Å². The predicted molar refractivity (Wildman–Crippen MR) is 50.4 cm³/mol. The number of hydrogen-bond donors (Lipinski definition) is 1. The van der Waals surface area contributed by atoms with Crippen molar-refractivity contribution in [2.45, 2.75) is 32.9 Å². The second-order valence-electron chi connectivity index (χ2n) is 2.88. The third kappa shape index (κ3) is 5.52. The SMILES string of the molecule is CCOCCNC(C)C(C)OC. The third-order valence-corrected chi connectivity index (χ3v) is 1.99. The molecule has 0 aliphatic heterocycles. The van der Waals surface area contributed by atoms with E-state index in [2.05, 4.69) is 19.2 Å². The first-order chi connectivity index (χ1) is 5.72. The van der Waals surface area contributed by atoms with Crippen LogP contribution in [0.2, 0.25) is 0 Å². The molecule has 74 valence electrons. The smallest absolute Gasteiger partial charge is 0.0693 e. The van der Waals surface area contributed by atoms with Crippen molar-refractivity contribution in [2.75, 3.05) is 26.9 Å². The van der Waals surface area contributed by atoms with E-state index in [-0.39, 0.29) is 6.10 Å². The Morgan fingerprint density at radius 2 is 2.00 bits per heavy atom. The Hall–Kier alpha value is -0.120. The Morgan fingerprint density at radius 1 is 1.33 bits per heavy atom. The van der Waals surface area contributed by atoms with Crippen LogP contribution in [0.5, 0.6) is 0 Å². The van der Waals surface area contributed by atoms with Gasteiger partial charge >= 0.3 is 0 Å². The highest BCUT2D eigenvalue weighted by Crippen LogP contribution is 1.94. The van der Waals surface area contributed by atoms with E-state index in [9.17, 15) is 0 Å². The number of rotatable bonds is 7. The summed E-state index contributed by atoms with van der Waals surface area (Å²) in [6.45, 7) is 8.62. The molecule has 3 heteroatoms. The summed E-state index contributed by atoms with van der Waals surface area (Å²) < 4.78 is 10.4. The van der Waals surface area contributed by atoms with Gasteiger partial charge < -0.3 is 14.8 Å². The molecular formula is C9H21NO2. The standard InChI is InChI=1S/C9H21NO2/c1-5-12-7-6-10-8(2)9(3)11-4/h8-10H,5-7H2,1-4H3. The quantitative estimate of drug-likeness (QED) is 0.586. The summed E-state index contributed by atoms with van der Waals surface area (Å²) in [5, 5.41) is 3.32. The fraction of sp³-hybridized carbons (Fsp3) is 1.00. The van der Waals surface area contributed by atoms with Gasteiger partial charge in [-0.2, -0.15) is 0 Å². The average Bonchev–Trinajstić information content (AvgIpc) is 2.10. The van der Waals surface area contributed by atoms with Gasteiger partial charge in [-0.05, 0) is 20.8 Å². The topological polar surface area (TPSA) is 30.5 Å². The molecule has 0 aromatic heterocycles. The summed E-state index contributed by atoms with van der Waals surface area (Å²) in [5.74, 6) is 0. The van der Waals surface area contributed by atoms with E-state index in [4.69, 9.17) is 9.47 Å². The van der Waals surface area contributed by atoms with Crippen molar-refractivity contribution in [3.63, 3.8) is 0 Å². The summed E-state index contributed by atoms with van der Waals surface area (Å²) in [7, 11) is 1.73. The van der Waals surface area contributed by atoms with E-state index in [1.54, 1.807) is 7.11 Å². The molecule has 2 atom stereocenters. The number of hydrogen-bond acceptors (Lipinski definition) is 3. The van der Waals surface area contributed by atoms with Crippen molar-refractivity contribution in [3.8, 4) is 0 Å². The van der Waals surface area contributed by atoms with Gasteiger partial charge in [-0.25, -0.2) is 0 Å². The van der Waals surface area contributed by atoms with E-state index in [1.165, 1.54) is 0 Å². The molecule has 0 aromatic carbocycles. The molecule has 2 unspecified atom stereocenters. The van der Waals surface area contributed by atoms with E-state index in [1.807, 2.05) is 6.92 Å². The number of nitrogens with one attached hydrogen (secondary N) is 1. The highest BCUT2D eigenvalue weighted by molar-refractivity contribution is 4.67. The lowest BCUT2D eigenvalue weighted by molar-refractivity contribution is 0.0823. The van der Waals surface area contributed by atoms with Crippen molar-refractivity contribution >= 4 is 0 Å². The van der Waals surface area contributed by atoms with Crippen LogP contribution in [-0.2, 0) is 9.47 Å². The molecule has 0 amide bonds. The molecule has 0 saturated carbocycles. The van der Waals surface area contributed by atoms with Gasteiger partial charge in [0.15, 0.2) is 0 Å². The molecule has 0 fully saturated rings. The van der Waals surface area contributed by atoms with Crippen molar-refractivity contribution < 1.29 is 9.47 Å². The molecule has 0 rings (SSSR count). The Balaban J connectivity index is 3.24. The number of ether oxygens (including phenoxy) is 2. The Kier molecular flexibility index (Phi) is 7.45. The fourth-order valence-electron chi connectivity index (χ4n) is 0.873. The molecule has 0 radical (unpaired) electrons. The Morgan fingerprint density at radius 3 is 2.50 bits per heavy atom. The second-order valence-corrected chi connectivity index (χ2v) is 2.88. The zero-order valence-corrected chi connectivity index (χ0v) is 8.59. The highest BCUT2D eigenvalue weighted by atomic mass is 16.5. The molecule has 0 bridgehead atoms. The van der Waals surface area contributed by atoms with Gasteiger partial charge in [-0.15, -0.1) is 0 Å². The third-order valence-electron chi connectivity index (χ3n) is 1.99. The number of methoxy groups -OCH3 is 1. The normalized spacial score (nSPS) is 16.0. The summed E-state index contributed by atoms with van der Waals surface area (Å²) in [4.78, 5) is 0. The molecule has 0 aliphatic rings. The van der Waals surface area contributed by atoms with Crippen molar-refractivity contribution in [2.24, 2.45) is 0 Å². The zero-order valence-electron chi connectivity index (χ0n) is 8.59. The van der Waals surface area contributed by atoms with Crippen molar-refractivity contribution in [3.05, 3.63) is 0 Å². The van der Waals surface area contributed by atoms with Gasteiger partial charge in [0.05, 0.1) is 12.7 Å². The van der Waals surface area contributed by atoms with Crippen LogP contribution in [0.1, 0.15) is 20.8 Å². The molecule has 0 saturated heterocycles. The van der Waals surface area contributed by atoms with Gasteiger partial charge in [-0.1, -0.05) is 0 Å². The summed E-state index contributed by atoms with van der Waals surface area (Å²) in [6.07, 6.45) is 0.256. The maximum atomic E-state index is 5.19. The lowest BCUT2D eigenvalue weighted by atomic mass is 10.2. The van der Waals surface area contributed by atoms with Gasteiger partial charge in [0.1, 0.15) is 0 Å². The molecule has 0 spiro atoms. The molecule has 0 aliphatic carbocycles. The average molecular weight is 175 g/mol. The van der Waals surface area contributed by atoms with E-state index in [0.717, 1.165) is 19.8 Å². The zero-order chi connectivity index (χ0) is 9.40. The van der Waals surface area contributed by atoms with E-state index < -0.39 is 0 Å². The van der Waals surface area contributed by atoms with Crippen LogP contribution in [0.4, 0.5) is 0 Å². The molecule has 1 N–H and O–H groups in total. The largest absolute Gasteiger partial charge is 0.380 e. The van der Waals surface area contributed by atoms with Crippen molar-refractivity contribution in [1.29, 1.82) is 0 Å². The molecule has 12 heavy (non-hydrogen) atoms. The van der Waals surface area contributed by atoms with E-state index >= 15 is 0 Å². The maximum Gasteiger partial charge on any atom is 0.0693 e. The lowest BCUT2D eigenvalue weighted by Crippen LogP contribution is -2.38. The van der Waals surface area contributed by atoms with Crippen LogP contribution >= 0.6 is 0 Å². The van der Waals surface area contributed by atoms with Crippen LogP contribution in [0.3, 0.4) is 0 Å². The minimum atomic E-state index is 0.256. The first-order valence-electron chi connectivity index (χ1n) is 4.56. The fourth-order valence-corrected chi connectivity index (χ4v) is 0.873. The predicted octanol–water partition coefficient (Wildman–Crippen LogP) is 1.04. The molecular weight excluding hydrogens is 154 g/mol. The first kappa shape index (κ1) is 11.9. The second kappa shape index (κ2) is 7.53.